The van der Waals surface area contributed by atoms with Gasteiger partial charge in [-0.3, -0.25) is 14.5 Å². The standard InChI is InChI=1S/C30H35N3O4/c1-4-30(5-2)17-26(36)33-27-22-15-19(13-14-25(22)37-29(27,3)31-28(33)32-30)23(34)12-8-11-21-20-10-7-6-9-18(20)16-24(21)35/h6-7,9-10,13-15,21,24,27,35H,4-5,8,11-12,16-17H2,1-3H3,(H,31,32)/t21-,24-,27?,29?/m1/s1. The van der Waals surface area contributed by atoms with Crippen molar-refractivity contribution in [2.45, 2.75) is 95.0 Å². The summed E-state index contributed by atoms with van der Waals surface area (Å²) >= 11 is 0. The molecule has 3 heterocycles. The van der Waals surface area contributed by atoms with E-state index in [-0.39, 0.29) is 35.3 Å². The highest BCUT2D eigenvalue weighted by Gasteiger charge is 2.59. The topological polar surface area (TPSA) is 91.2 Å². The molecule has 0 bridgehead atoms. The van der Waals surface area contributed by atoms with Crippen LogP contribution in [-0.4, -0.2) is 45.0 Å². The van der Waals surface area contributed by atoms with Crippen LogP contribution in [0.2, 0.25) is 0 Å². The molecule has 1 saturated heterocycles. The van der Waals surface area contributed by atoms with E-state index >= 15 is 0 Å². The minimum atomic E-state index is -0.911. The molecule has 4 aliphatic rings. The molecule has 4 atom stereocenters. The lowest BCUT2D eigenvalue weighted by Gasteiger charge is -2.42. The van der Waals surface area contributed by atoms with Crippen LogP contribution in [0.1, 0.15) is 98.3 Å². The van der Waals surface area contributed by atoms with Crippen LogP contribution in [0.25, 0.3) is 0 Å². The number of Topliss-reactive ketones (excluding diaryl/α,β-unsaturated/α-hetero) is 1. The number of nitrogens with zero attached hydrogens (tertiary/aromatic N) is 2. The second kappa shape index (κ2) is 8.69. The third-order valence-electron chi connectivity index (χ3n) is 9.02. The minimum absolute atomic E-state index is 0.0403. The van der Waals surface area contributed by atoms with Crippen LogP contribution in [0.5, 0.6) is 5.75 Å². The van der Waals surface area contributed by atoms with Gasteiger partial charge in [-0.05, 0) is 68.4 Å². The van der Waals surface area contributed by atoms with Crippen molar-refractivity contribution in [3.63, 3.8) is 0 Å². The quantitative estimate of drug-likeness (QED) is 0.540. The molecule has 0 radical (unpaired) electrons. The molecule has 0 saturated carbocycles. The van der Waals surface area contributed by atoms with Gasteiger partial charge in [-0.25, -0.2) is 4.99 Å². The largest absolute Gasteiger partial charge is 0.463 e. The molecule has 6 rings (SSSR count). The summed E-state index contributed by atoms with van der Waals surface area (Å²) in [6.45, 7) is 6.09. The van der Waals surface area contributed by atoms with Crippen LogP contribution in [0.4, 0.5) is 0 Å². The number of guanidine groups is 1. The highest BCUT2D eigenvalue weighted by Crippen LogP contribution is 2.52. The molecule has 0 aromatic heterocycles. The van der Waals surface area contributed by atoms with Gasteiger partial charge in [0.05, 0.1) is 12.5 Å². The number of benzene rings is 2. The summed E-state index contributed by atoms with van der Waals surface area (Å²) in [5.41, 5.74) is 2.69. The Labute approximate surface area is 217 Å². The first kappa shape index (κ1) is 24.2. The van der Waals surface area contributed by atoms with Gasteiger partial charge in [0.2, 0.25) is 17.6 Å². The Balaban J connectivity index is 1.18. The van der Waals surface area contributed by atoms with Crippen molar-refractivity contribution in [3.05, 3.63) is 64.7 Å². The van der Waals surface area contributed by atoms with Crippen molar-refractivity contribution >= 4 is 17.6 Å². The molecule has 7 nitrogen and oxygen atoms in total. The van der Waals surface area contributed by atoms with E-state index in [1.807, 2.05) is 37.3 Å². The van der Waals surface area contributed by atoms with Crippen molar-refractivity contribution in [2.75, 3.05) is 0 Å². The molecule has 194 valence electrons. The van der Waals surface area contributed by atoms with Gasteiger partial charge in [-0.15, -0.1) is 0 Å². The van der Waals surface area contributed by atoms with Gasteiger partial charge in [0.15, 0.2) is 5.78 Å². The van der Waals surface area contributed by atoms with Crippen molar-refractivity contribution in [2.24, 2.45) is 4.99 Å². The number of hydrogen-bond acceptors (Lipinski definition) is 6. The fourth-order valence-corrected chi connectivity index (χ4v) is 6.76. The SMILES string of the molecule is CCC1(CC)CC(=O)N2C(=NC3(C)Oc4ccc(C(=O)CCC[C@@H]5c6ccccc6C[C@H]5O)cc4C23)N1. The zero-order valence-electron chi connectivity index (χ0n) is 21.8. The molecule has 7 heteroatoms. The summed E-state index contributed by atoms with van der Waals surface area (Å²) in [6, 6.07) is 13.3. The molecule has 1 fully saturated rings. The molecule has 2 unspecified atom stereocenters. The highest BCUT2D eigenvalue weighted by atomic mass is 16.5. The number of rotatable bonds is 7. The van der Waals surface area contributed by atoms with Gasteiger partial charge in [0, 0.05) is 29.0 Å². The number of ketones is 1. The van der Waals surface area contributed by atoms with Crippen LogP contribution in [0.3, 0.4) is 0 Å². The monoisotopic (exact) mass is 501 g/mol. The average molecular weight is 502 g/mol. The zero-order chi connectivity index (χ0) is 25.9. The summed E-state index contributed by atoms with van der Waals surface area (Å²) in [4.78, 5) is 33.1. The summed E-state index contributed by atoms with van der Waals surface area (Å²) in [7, 11) is 0. The van der Waals surface area contributed by atoms with Gasteiger partial charge < -0.3 is 15.2 Å². The number of aliphatic imine (C=N–C) groups is 1. The average Bonchev–Trinajstić information content (AvgIpc) is 3.46. The first-order valence-electron chi connectivity index (χ1n) is 13.6. The van der Waals surface area contributed by atoms with Crippen LogP contribution < -0.4 is 10.1 Å². The molecule has 1 aliphatic carbocycles. The van der Waals surface area contributed by atoms with Crippen LogP contribution in [0, 0.1) is 0 Å². The van der Waals surface area contributed by atoms with E-state index in [1.54, 1.807) is 4.90 Å². The van der Waals surface area contributed by atoms with E-state index in [1.165, 1.54) is 11.1 Å². The van der Waals surface area contributed by atoms with E-state index in [9.17, 15) is 14.7 Å². The maximum absolute atomic E-state index is 13.4. The lowest BCUT2D eigenvalue weighted by molar-refractivity contribution is -0.133. The van der Waals surface area contributed by atoms with Crippen molar-refractivity contribution in [3.8, 4) is 5.75 Å². The molecule has 3 aliphatic heterocycles. The van der Waals surface area contributed by atoms with Gasteiger partial charge in [0.25, 0.3) is 0 Å². The van der Waals surface area contributed by atoms with Crippen molar-refractivity contribution in [1.82, 2.24) is 10.2 Å². The Hall–Kier alpha value is -3.19. The molecule has 0 spiro atoms. The van der Waals surface area contributed by atoms with E-state index < -0.39 is 5.72 Å². The highest BCUT2D eigenvalue weighted by molar-refractivity contribution is 6.03. The number of hydrogen-bond donors (Lipinski definition) is 2. The van der Waals surface area contributed by atoms with Crippen LogP contribution >= 0.6 is 0 Å². The van der Waals surface area contributed by atoms with Gasteiger partial charge in [-0.1, -0.05) is 38.1 Å². The number of carbonyl (C=O) groups excluding carboxylic acids is 2. The van der Waals surface area contributed by atoms with Crippen molar-refractivity contribution < 1.29 is 19.4 Å². The smallest absolute Gasteiger partial charge is 0.232 e. The molecular weight excluding hydrogens is 466 g/mol. The molecule has 2 N–H and O–H groups in total. The van der Waals surface area contributed by atoms with Gasteiger partial charge in [0.1, 0.15) is 11.8 Å². The second-order valence-electron chi connectivity index (χ2n) is 11.2. The molecule has 37 heavy (non-hydrogen) atoms. The van der Waals surface area contributed by atoms with Crippen molar-refractivity contribution in [1.29, 1.82) is 0 Å². The molecule has 1 amide bonds. The van der Waals surface area contributed by atoms with Gasteiger partial charge in [-0.2, -0.15) is 0 Å². The third kappa shape index (κ3) is 3.78. The van der Waals surface area contributed by atoms with Crippen LogP contribution in [0.15, 0.2) is 47.5 Å². The first-order valence-corrected chi connectivity index (χ1v) is 13.6. The number of aliphatic hydroxyl groups excluding tert-OH is 1. The molecular formula is C30H35N3O4. The summed E-state index contributed by atoms with van der Waals surface area (Å²) in [6.07, 6.45) is 4.29. The van der Waals surface area contributed by atoms with E-state index in [2.05, 4.69) is 31.3 Å². The minimum Gasteiger partial charge on any atom is -0.463 e. The third-order valence-corrected chi connectivity index (χ3v) is 9.02. The Kier molecular flexibility index (Phi) is 5.68. The second-order valence-corrected chi connectivity index (χ2v) is 11.2. The lowest BCUT2D eigenvalue weighted by Crippen LogP contribution is -2.61. The predicted octanol–water partition coefficient (Wildman–Crippen LogP) is 4.64. The summed E-state index contributed by atoms with van der Waals surface area (Å²) in [5, 5.41) is 14.1. The predicted molar refractivity (Wildman–Crippen MR) is 141 cm³/mol. The van der Waals surface area contributed by atoms with E-state index in [4.69, 9.17) is 9.73 Å². The summed E-state index contributed by atoms with van der Waals surface area (Å²) < 4.78 is 6.26. The summed E-state index contributed by atoms with van der Waals surface area (Å²) in [5.74, 6) is 1.44. The van der Waals surface area contributed by atoms with E-state index in [0.717, 1.165) is 24.8 Å². The van der Waals surface area contributed by atoms with Crippen LogP contribution in [-0.2, 0) is 11.2 Å². The Bertz CT molecular complexity index is 1300. The first-order chi connectivity index (χ1) is 17.8. The Morgan fingerprint density at radius 2 is 1.97 bits per heavy atom. The van der Waals surface area contributed by atoms with Gasteiger partial charge >= 0.3 is 0 Å². The fraction of sp³-hybridized carbons (Fsp3) is 0.500. The normalized spacial score (nSPS) is 28.5. The number of fused-ring (bicyclic) bond motifs is 6. The molecule has 2 aromatic carbocycles. The lowest BCUT2D eigenvalue weighted by atomic mass is 9.86. The Morgan fingerprint density at radius 3 is 2.76 bits per heavy atom. The number of carbonyl (C=O) groups is 2. The fourth-order valence-electron chi connectivity index (χ4n) is 6.76. The number of nitrogens with one attached hydrogen (secondary N) is 1. The maximum atomic E-state index is 13.4. The number of aliphatic hydroxyl groups is 1. The Morgan fingerprint density at radius 1 is 1.19 bits per heavy atom. The number of ether oxygens (including phenoxy) is 1. The number of amides is 1. The van der Waals surface area contributed by atoms with E-state index in [0.29, 0.717) is 43.0 Å². The molecule has 2 aromatic rings. The zero-order valence-corrected chi connectivity index (χ0v) is 21.8. The maximum Gasteiger partial charge on any atom is 0.232 e.